The summed E-state index contributed by atoms with van der Waals surface area (Å²) in [5.74, 6) is 0. The lowest BCUT2D eigenvalue weighted by Crippen LogP contribution is -2.24. The van der Waals surface area contributed by atoms with Crippen molar-refractivity contribution in [2.24, 2.45) is 0 Å². The zero-order valence-corrected chi connectivity index (χ0v) is 15.1. The zero-order chi connectivity index (χ0) is 17.4. The molecule has 0 bridgehead atoms. The van der Waals surface area contributed by atoms with Gasteiger partial charge in [-0.25, -0.2) is 4.68 Å². The van der Waals surface area contributed by atoms with Crippen molar-refractivity contribution in [3.63, 3.8) is 0 Å². The van der Waals surface area contributed by atoms with E-state index in [4.69, 9.17) is 23.2 Å². The third-order valence-corrected chi connectivity index (χ3v) is 5.47. The Balaban J connectivity index is 1.76. The molecule has 2 aromatic carbocycles. The molecular formula is C18H11Cl2N3OS. The summed E-state index contributed by atoms with van der Waals surface area (Å²) in [4.78, 5) is 14.4. The fourth-order valence-electron chi connectivity index (χ4n) is 2.54. The van der Waals surface area contributed by atoms with Crippen LogP contribution in [0.25, 0.3) is 20.7 Å². The number of aromatic nitrogens is 3. The predicted molar refractivity (Wildman–Crippen MR) is 103 cm³/mol. The lowest BCUT2D eigenvalue weighted by Gasteiger charge is -2.06. The van der Waals surface area contributed by atoms with E-state index in [1.54, 1.807) is 18.2 Å². The molecule has 0 N–H and O–H groups in total. The first-order valence-corrected chi connectivity index (χ1v) is 9.06. The van der Waals surface area contributed by atoms with Gasteiger partial charge in [-0.15, -0.1) is 16.4 Å². The van der Waals surface area contributed by atoms with E-state index < -0.39 is 0 Å². The molecule has 2 aromatic heterocycles. The smallest absolute Gasteiger partial charge is 0.267 e. The van der Waals surface area contributed by atoms with Crippen molar-refractivity contribution in [1.29, 1.82) is 0 Å². The predicted octanol–water partition coefficient (Wildman–Crippen LogP) is 4.88. The number of thiophene rings is 1. The van der Waals surface area contributed by atoms with E-state index >= 15 is 0 Å². The van der Waals surface area contributed by atoms with Crippen molar-refractivity contribution in [2.45, 2.75) is 6.54 Å². The maximum atomic E-state index is 12.8. The van der Waals surface area contributed by atoms with Crippen molar-refractivity contribution in [3.05, 3.63) is 80.6 Å². The molecule has 25 heavy (non-hydrogen) atoms. The van der Waals surface area contributed by atoms with Crippen LogP contribution in [0.1, 0.15) is 5.56 Å². The van der Waals surface area contributed by atoms with Crippen LogP contribution >= 0.6 is 34.5 Å². The highest BCUT2D eigenvalue weighted by Crippen LogP contribution is 2.30. The van der Waals surface area contributed by atoms with Crippen molar-refractivity contribution in [3.8, 4) is 10.4 Å². The summed E-state index contributed by atoms with van der Waals surface area (Å²) in [5, 5.41) is 9.84. The first-order valence-electron chi connectivity index (χ1n) is 7.48. The Bertz CT molecular complexity index is 1120. The Morgan fingerprint density at radius 2 is 1.84 bits per heavy atom. The van der Waals surface area contributed by atoms with Crippen LogP contribution in [0.5, 0.6) is 0 Å². The van der Waals surface area contributed by atoms with Crippen LogP contribution in [-0.2, 0) is 6.54 Å². The molecule has 0 amide bonds. The van der Waals surface area contributed by atoms with Crippen LogP contribution < -0.4 is 5.56 Å². The Morgan fingerprint density at radius 1 is 1.04 bits per heavy atom. The minimum Gasteiger partial charge on any atom is -0.267 e. The molecule has 0 saturated carbocycles. The third-order valence-electron chi connectivity index (χ3n) is 3.81. The average Bonchev–Trinajstić information content (AvgIpc) is 3.05. The van der Waals surface area contributed by atoms with Crippen LogP contribution in [0.3, 0.4) is 0 Å². The van der Waals surface area contributed by atoms with Gasteiger partial charge in [0.25, 0.3) is 5.56 Å². The second-order valence-corrected chi connectivity index (χ2v) is 7.36. The highest BCUT2D eigenvalue weighted by atomic mass is 35.5. The summed E-state index contributed by atoms with van der Waals surface area (Å²) >= 11 is 13.6. The molecule has 4 nitrogen and oxygen atoms in total. The Morgan fingerprint density at radius 3 is 2.60 bits per heavy atom. The molecule has 0 aliphatic heterocycles. The van der Waals surface area contributed by atoms with Crippen LogP contribution in [0, 0.1) is 0 Å². The quantitative estimate of drug-likeness (QED) is 0.503. The van der Waals surface area contributed by atoms with Gasteiger partial charge in [0.2, 0.25) is 0 Å². The number of halogens is 2. The zero-order valence-electron chi connectivity index (χ0n) is 12.8. The van der Waals surface area contributed by atoms with Gasteiger partial charge in [0.15, 0.2) is 4.83 Å². The monoisotopic (exact) mass is 387 g/mol. The number of nitrogens with zero attached hydrogens (tertiary/aromatic N) is 3. The molecule has 4 rings (SSSR count). The van der Waals surface area contributed by atoms with E-state index in [0.717, 1.165) is 16.0 Å². The van der Waals surface area contributed by atoms with Gasteiger partial charge in [-0.05, 0) is 29.3 Å². The van der Waals surface area contributed by atoms with Crippen LogP contribution in [-0.4, -0.2) is 15.0 Å². The third kappa shape index (κ3) is 3.18. The van der Waals surface area contributed by atoms with Crippen molar-refractivity contribution in [1.82, 2.24) is 15.0 Å². The van der Waals surface area contributed by atoms with Crippen LogP contribution in [0.15, 0.2) is 59.4 Å². The van der Waals surface area contributed by atoms with E-state index in [2.05, 4.69) is 10.3 Å². The van der Waals surface area contributed by atoms with E-state index in [0.29, 0.717) is 20.3 Å². The lowest BCUT2D eigenvalue weighted by molar-refractivity contribution is 0.602. The van der Waals surface area contributed by atoms with Gasteiger partial charge in [-0.3, -0.25) is 4.79 Å². The Labute approximate surface area is 157 Å². The second kappa shape index (κ2) is 6.59. The number of hydrogen-bond donors (Lipinski definition) is 0. The second-order valence-electron chi connectivity index (χ2n) is 5.48. The average molecular weight is 388 g/mol. The molecule has 0 saturated heterocycles. The number of rotatable bonds is 3. The largest absolute Gasteiger partial charge is 0.278 e. The van der Waals surface area contributed by atoms with Gasteiger partial charge in [-0.2, -0.15) is 0 Å². The van der Waals surface area contributed by atoms with Gasteiger partial charge in [0.1, 0.15) is 0 Å². The van der Waals surface area contributed by atoms with Crippen molar-refractivity contribution in [2.75, 3.05) is 0 Å². The summed E-state index contributed by atoms with van der Waals surface area (Å²) in [6, 6.07) is 16.9. The first-order chi connectivity index (χ1) is 12.1. The Kier molecular flexibility index (Phi) is 4.29. The normalized spacial score (nSPS) is 11.1. The standard InChI is InChI=1S/C18H11Cl2N3OS/c19-13-7-6-12(15(20)8-13)10-23-18(24)14-9-16(25-17(14)21-22-23)11-4-2-1-3-5-11/h1-9H,10H2. The van der Waals surface area contributed by atoms with Gasteiger partial charge in [0, 0.05) is 14.9 Å². The van der Waals surface area contributed by atoms with Crippen molar-refractivity contribution < 1.29 is 0 Å². The molecule has 7 heteroatoms. The maximum absolute atomic E-state index is 12.8. The summed E-state index contributed by atoms with van der Waals surface area (Å²) in [7, 11) is 0. The molecule has 0 spiro atoms. The van der Waals surface area contributed by atoms with E-state index in [1.165, 1.54) is 16.0 Å². The van der Waals surface area contributed by atoms with E-state index in [-0.39, 0.29) is 12.1 Å². The summed E-state index contributed by atoms with van der Waals surface area (Å²) in [5.41, 5.74) is 1.63. The summed E-state index contributed by atoms with van der Waals surface area (Å²) < 4.78 is 1.32. The number of fused-ring (bicyclic) bond motifs is 1. The molecule has 0 aliphatic carbocycles. The van der Waals surface area contributed by atoms with Gasteiger partial charge < -0.3 is 0 Å². The first kappa shape index (κ1) is 16.3. The van der Waals surface area contributed by atoms with Crippen molar-refractivity contribution >= 4 is 44.8 Å². The fraction of sp³-hybridized carbons (Fsp3) is 0.0556. The molecule has 0 fully saturated rings. The highest BCUT2D eigenvalue weighted by molar-refractivity contribution is 7.21. The minimum absolute atomic E-state index is 0.186. The van der Waals surface area contributed by atoms with E-state index in [9.17, 15) is 4.79 Å². The van der Waals surface area contributed by atoms with Gasteiger partial charge in [-0.1, -0.05) is 64.8 Å². The van der Waals surface area contributed by atoms with Crippen LogP contribution in [0.4, 0.5) is 0 Å². The highest BCUT2D eigenvalue weighted by Gasteiger charge is 2.12. The lowest BCUT2D eigenvalue weighted by atomic mass is 10.2. The van der Waals surface area contributed by atoms with Gasteiger partial charge in [0.05, 0.1) is 11.9 Å². The topological polar surface area (TPSA) is 47.8 Å². The molecule has 124 valence electrons. The molecule has 2 heterocycles. The molecule has 0 aliphatic rings. The van der Waals surface area contributed by atoms with E-state index in [1.807, 2.05) is 36.4 Å². The molecule has 0 unspecified atom stereocenters. The molecule has 4 aromatic rings. The molecule has 0 atom stereocenters. The number of hydrogen-bond acceptors (Lipinski definition) is 4. The maximum Gasteiger partial charge on any atom is 0.278 e. The van der Waals surface area contributed by atoms with Crippen LogP contribution in [0.2, 0.25) is 10.0 Å². The number of benzene rings is 2. The van der Waals surface area contributed by atoms with Gasteiger partial charge >= 0.3 is 0 Å². The molecular weight excluding hydrogens is 377 g/mol. The molecule has 0 radical (unpaired) electrons. The summed E-state index contributed by atoms with van der Waals surface area (Å²) in [6.45, 7) is 0.244. The fourth-order valence-corrected chi connectivity index (χ4v) is 3.98. The minimum atomic E-state index is -0.186. The SMILES string of the molecule is O=c1c2cc(-c3ccccc3)sc2nnn1Cc1ccc(Cl)cc1Cl. The summed E-state index contributed by atoms with van der Waals surface area (Å²) in [6.07, 6.45) is 0. The Hall–Kier alpha value is -2.21.